The summed E-state index contributed by atoms with van der Waals surface area (Å²) >= 11 is 7.44. The zero-order chi connectivity index (χ0) is 17.7. The maximum atomic E-state index is 12.7. The zero-order valence-electron chi connectivity index (χ0n) is 12.7. The SMILES string of the molecule is CCN(CC(=O)NCc1cccs1)c1ncc(C(F)(F)F)cc1Cl. The fourth-order valence-electron chi connectivity index (χ4n) is 1.98. The number of nitrogens with zero attached hydrogens (tertiary/aromatic N) is 2. The number of thiophene rings is 1. The molecule has 130 valence electrons. The standard InChI is InChI=1S/C15H15ClF3N3OS/c1-2-22(9-13(23)20-8-11-4-3-5-24-11)14-12(16)6-10(7-21-14)15(17,18)19/h3-7H,2,8-9H2,1H3,(H,20,23). The first-order chi connectivity index (χ1) is 11.3. The van der Waals surface area contributed by atoms with E-state index in [4.69, 9.17) is 11.6 Å². The van der Waals surface area contributed by atoms with E-state index in [1.165, 1.54) is 16.2 Å². The van der Waals surface area contributed by atoms with Crippen molar-refractivity contribution in [3.63, 3.8) is 0 Å². The van der Waals surface area contributed by atoms with Gasteiger partial charge in [0.2, 0.25) is 5.91 Å². The number of pyridine rings is 1. The summed E-state index contributed by atoms with van der Waals surface area (Å²) in [4.78, 5) is 18.3. The largest absolute Gasteiger partial charge is 0.417 e. The number of nitrogens with one attached hydrogen (secondary N) is 1. The molecular formula is C15H15ClF3N3OS. The molecule has 0 saturated carbocycles. The number of halogens is 4. The first-order valence-electron chi connectivity index (χ1n) is 7.08. The lowest BCUT2D eigenvalue weighted by Crippen LogP contribution is -2.37. The molecule has 0 aromatic carbocycles. The van der Waals surface area contributed by atoms with Gasteiger partial charge in [0, 0.05) is 17.6 Å². The summed E-state index contributed by atoms with van der Waals surface area (Å²) in [7, 11) is 0. The van der Waals surface area contributed by atoms with Crippen molar-refractivity contribution < 1.29 is 18.0 Å². The van der Waals surface area contributed by atoms with Gasteiger partial charge in [0.1, 0.15) is 5.82 Å². The van der Waals surface area contributed by atoms with Crippen molar-refractivity contribution >= 4 is 34.7 Å². The second kappa shape index (κ2) is 7.85. The van der Waals surface area contributed by atoms with Gasteiger partial charge in [0.25, 0.3) is 0 Å². The molecule has 0 aliphatic rings. The van der Waals surface area contributed by atoms with Crippen LogP contribution in [-0.2, 0) is 17.5 Å². The number of alkyl halides is 3. The molecule has 1 amide bonds. The van der Waals surface area contributed by atoms with Crippen molar-refractivity contribution in [2.45, 2.75) is 19.6 Å². The number of carbonyl (C=O) groups excluding carboxylic acids is 1. The van der Waals surface area contributed by atoms with E-state index in [2.05, 4.69) is 10.3 Å². The number of aromatic nitrogens is 1. The molecule has 2 rings (SSSR count). The molecule has 0 fully saturated rings. The maximum Gasteiger partial charge on any atom is 0.417 e. The number of carbonyl (C=O) groups is 1. The highest BCUT2D eigenvalue weighted by Gasteiger charge is 2.32. The topological polar surface area (TPSA) is 45.2 Å². The molecule has 0 unspecified atom stereocenters. The monoisotopic (exact) mass is 377 g/mol. The Bertz CT molecular complexity index is 692. The van der Waals surface area contributed by atoms with Crippen LogP contribution in [0.2, 0.25) is 5.02 Å². The van der Waals surface area contributed by atoms with E-state index in [-0.39, 0.29) is 23.3 Å². The molecule has 1 N–H and O–H groups in total. The van der Waals surface area contributed by atoms with Crippen LogP contribution in [0, 0.1) is 0 Å². The van der Waals surface area contributed by atoms with Gasteiger partial charge in [-0.2, -0.15) is 13.2 Å². The number of likely N-dealkylation sites (N-methyl/N-ethyl adjacent to an activating group) is 1. The van der Waals surface area contributed by atoms with Crippen LogP contribution in [0.4, 0.5) is 19.0 Å². The minimum absolute atomic E-state index is 0.0417. The molecule has 0 saturated heterocycles. The number of anilines is 1. The van der Waals surface area contributed by atoms with Crippen molar-refractivity contribution in [2.75, 3.05) is 18.0 Å². The third kappa shape index (κ3) is 4.85. The van der Waals surface area contributed by atoms with Gasteiger partial charge in [-0.25, -0.2) is 4.98 Å². The van der Waals surface area contributed by atoms with Gasteiger partial charge in [0.05, 0.1) is 23.7 Å². The Hall–Kier alpha value is -1.80. The van der Waals surface area contributed by atoms with Crippen molar-refractivity contribution in [3.05, 3.63) is 45.2 Å². The Morgan fingerprint density at radius 1 is 1.46 bits per heavy atom. The fourth-order valence-corrected chi connectivity index (χ4v) is 2.91. The minimum atomic E-state index is -4.51. The van der Waals surface area contributed by atoms with E-state index in [9.17, 15) is 18.0 Å². The van der Waals surface area contributed by atoms with Gasteiger partial charge in [-0.05, 0) is 24.4 Å². The number of hydrogen-bond donors (Lipinski definition) is 1. The van der Waals surface area contributed by atoms with Crippen LogP contribution >= 0.6 is 22.9 Å². The second-order valence-corrected chi connectivity index (χ2v) is 6.34. The first-order valence-corrected chi connectivity index (χ1v) is 8.33. The van der Waals surface area contributed by atoms with Gasteiger partial charge in [0.15, 0.2) is 0 Å². The Morgan fingerprint density at radius 3 is 2.75 bits per heavy atom. The lowest BCUT2D eigenvalue weighted by molar-refractivity contribution is -0.137. The van der Waals surface area contributed by atoms with Crippen LogP contribution in [0.3, 0.4) is 0 Å². The van der Waals surface area contributed by atoms with E-state index in [0.717, 1.165) is 10.9 Å². The highest BCUT2D eigenvalue weighted by atomic mass is 35.5. The Morgan fingerprint density at radius 2 is 2.21 bits per heavy atom. The number of hydrogen-bond acceptors (Lipinski definition) is 4. The molecule has 0 bridgehead atoms. The minimum Gasteiger partial charge on any atom is -0.350 e. The Labute approximate surface area is 146 Å². The van der Waals surface area contributed by atoms with Crippen LogP contribution in [0.15, 0.2) is 29.8 Å². The lowest BCUT2D eigenvalue weighted by atomic mass is 10.2. The van der Waals surface area contributed by atoms with E-state index in [0.29, 0.717) is 19.3 Å². The highest BCUT2D eigenvalue weighted by molar-refractivity contribution is 7.09. The molecule has 2 aromatic rings. The third-order valence-corrected chi connectivity index (χ3v) is 4.36. The van der Waals surface area contributed by atoms with Crippen LogP contribution in [0.5, 0.6) is 0 Å². The van der Waals surface area contributed by atoms with Gasteiger partial charge in [-0.15, -0.1) is 11.3 Å². The van der Waals surface area contributed by atoms with E-state index >= 15 is 0 Å². The highest BCUT2D eigenvalue weighted by Crippen LogP contribution is 2.33. The summed E-state index contributed by atoms with van der Waals surface area (Å²) < 4.78 is 38.0. The van der Waals surface area contributed by atoms with Gasteiger partial charge >= 0.3 is 6.18 Å². The number of amides is 1. The van der Waals surface area contributed by atoms with E-state index in [1.54, 1.807) is 6.92 Å². The number of rotatable bonds is 6. The zero-order valence-corrected chi connectivity index (χ0v) is 14.3. The predicted octanol–water partition coefficient (Wildman–Crippen LogP) is 3.96. The quantitative estimate of drug-likeness (QED) is 0.828. The lowest BCUT2D eigenvalue weighted by Gasteiger charge is -2.22. The molecule has 4 nitrogen and oxygen atoms in total. The summed E-state index contributed by atoms with van der Waals surface area (Å²) in [6.07, 6.45) is -3.79. The summed E-state index contributed by atoms with van der Waals surface area (Å²) in [5.74, 6) is -0.110. The van der Waals surface area contributed by atoms with Crippen LogP contribution in [-0.4, -0.2) is 24.0 Å². The van der Waals surface area contributed by atoms with Crippen molar-refractivity contribution in [2.24, 2.45) is 0 Å². The van der Waals surface area contributed by atoms with Crippen LogP contribution in [0.25, 0.3) is 0 Å². The predicted molar refractivity (Wildman–Crippen MR) is 88.3 cm³/mol. The fraction of sp³-hybridized carbons (Fsp3) is 0.333. The van der Waals surface area contributed by atoms with Gasteiger partial charge < -0.3 is 10.2 Å². The van der Waals surface area contributed by atoms with E-state index < -0.39 is 11.7 Å². The third-order valence-electron chi connectivity index (χ3n) is 3.20. The van der Waals surface area contributed by atoms with Crippen molar-refractivity contribution in [1.82, 2.24) is 10.3 Å². The average molecular weight is 378 g/mol. The second-order valence-electron chi connectivity index (χ2n) is 4.90. The first kappa shape index (κ1) is 18.5. The van der Waals surface area contributed by atoms with Crippen molar-refractivity contribution in [3.8, 4) is 0 Å². The Balaban J connectivity index is 2.03. The van der Waals surface area contributed by atoms with Crippen LogP contribution in [0.1, 0.15) is 17.4 Å². The summed E-state index contributed by atoms with van der Waals surface area (Å²) in [6, 6.07) is 4.60. The molecule has 9 heteroatoms. The average Bonchev–Trinajstić information content (AvgIpc) is 3.03. The Kier molecular flexibility index (Phi) is 6.06. The molecule has 0 radical (unpaired) electrons. The normalized spacial score (nSPS) is 11.4. The molecule has 0 spiro atoms. The van der Waals surface area contributed by atoms with Crippen LogP contribution < -0.4 is 10.2 Å². The summed E-state index contributed by atoms with van der Waals surface area (Å²) in [5.41, 5.74) is -0.922. The summed E-state index contributed by atoms with van der Waals surface area (Å²) in [5, 5.41) is 4.52. The molecule has 2 heterocycles. The molecule has 0 atom stereocenters. The summed E-state index contributed by atoms with van der Waals surface area (Å²) in [6.45, 7) is 2.51. The smallest absolute Gasteiger partial charge is 0.350 e. The van der Waals surface area contributed by atoms with E-state index in [1.807, 2.05) is 17.5 Å². The maximum absolute atomic E-state index is 12.7. The molecule has 0 aliphatic heterocycles. The molecule has 2 aromatic heterocycles. The van der Waals surface area contributed by atoms with Gasteiger partial charge in [-0.3, -0.25) is 4.79 Å². The molecule has 0 aliphatic carbocycles. The van der Waals surface area contributed by atoms with Crippen molar-refractivity contribution in [1.29, 1.82) is 0 Å². The molecule has 24 heavy (non-hydrogen) atoms. The molecular weight excluding hydrogens is 363 g/mol. The van der Waals surface area contributed by atoms with Gasteiger partial charge in [-0.1, -0.05) is 17.7 Å².